The van der Waals surface area contributed by atoms with Crippen LogP contribution in [-0.2, 0) is 16.6 Å². The third kappa shape index (κ3) is 1.72. The highest BCUT2D eigenvalue weighted by Crippen LogP contribution is 2.63. The van der Waals surface area contributed by atoms with Gasteiger partial charge in [-0.3, -0.25) is 4.79 Å². The Hall–Kier alpha value is -0.970. The van der Waals surface area contributed by atoms with Crippen molar-refractivity contribution in [1.29, 1.82) is 0 Å². The van der Waals surface area contributed by atoms with Crippen molar-refractivity contribution in [3.8, 4) is 11.5 Å². The van der Waals surface area contributed by atoms with E-state index in [1.165, 1.54) is 11.1 Å². The van der Waals surface area contributed by atoms with Crippen LogP contribution in [0.25, 0.3) is 0 Å². The van der Waals surface area contributed by atoms with Crippen LogP contribution in [-0.4, -0.2) is 48.9 Å². The van der Waals surface area contributed by atoms with E-state index in [4.69, 9.17) is 21.1 Å². The van der Waals surface area contributed by atoms with Crippen LogP contribution in [0.3, 0.4) is 0 Å². The van der Waals surface area contributed by atoms with Crippen LogP contribution in [0.2, 0.25) is 0 Å². The molecular formula is C18H21Cl2NO3. The number of hydrogen-bond donors (Lipinski definition) is 0. The molecule has 2 bridgehead atoms. The van der Waals surface area contributed by atoms with Crippen LogP contribution in [0.15, 0.2) is 12.1 Å². The summed E-state index contributed by atoms with van der Waals surface area (Å²) in [6, 6.07) is 4.51. The topological polar surface area (TPSA) is 38.8 Å². The molecule has 0 radical (unpaired) electrons. The van der Waals surface area contributed by atoms with Gasteiger partial charge in [0, 0.05) is 29.3 Å². The first-order valence-corrected chi connectivity index (χ1v) is 8.75. The fourth-order valence-corrected chi connectivity index (χ4v) is 6.22. The zero-order valence-corrected chi connectivity index (χ0v) is 15.3. The lowest BCUT2D eigenvalue weighted by Gasteiger charge is -2.58. The van der Waals surface area contributed by atoms with Crippen LogP contribution in [0, 0.1) is 5.92 Å². The Bertz CT molecular complexity index is 724. The number of hydrogen-bond acceptors (Lipinski definition) is 4. The molecule has 6 heteroatoms. The quantitative estimate of drug-likeness (QED) is 0.713. The predicted molar refractivity (Wildman–Crippen MR) is 93.8 cm³/mol. The van der Waals surface area contributed by atoms with E-state index in [1.54, 1.807) is 7.11 Å². The number of ether oxygens (including phenoxy) is 2. The molecule has 1 unspecified atom stereocenters. The number of carbonyl (C=O) groups excluding carboxylic acids is 1. The molecule has 130 valence electrons. The number of rotatable bonds is 1. The number of Topliss-reactive ketones (excluding diaryl/α,β-unsaturated/α-hetero) is 1. The number of piperidine rings is 1. The molecule has 0 amide bonds. The Labute approximate surface area is 152 Å². The molecule has 1 spiro atoms. The second-order valence-electron chi connectivity index (χ2n) is 7.38. The van der Waals surface area contributed by atoms with E-state index in [0.29, 0.717) is 12.5 Å². The highest BCUT2D eigenvalue weighted by Gasteiger charge is 2.67. The zero-order chi connectivity index (χ0) is 15.9. The van der Waals surface area contributed by atoms with Crippen molar-refractivity contribution >= 4 is 29.8 Å². The molecule has 4 nitrogen and oxygen atoms in total. The molecular weight excluding hydrogens is 349 g/mol. The molecule has 5 rings (SSSR count). The Morgan fingerprint density at radius 1 is 1.38 bits per heavy atom. The number of ketones is 1. The third-order valence-corrected chi connectivity index (χ3v) is 6.98. The lowest BCUT2D eigenvalue weighted by molar-refractivity contribution is -0.137. The maximum atomic E-state index is 12.7. The van der Waals surface area contributed by atoms with E-state index < -0.39 is 0 Å². The van der Waals surface area contributed by atoms with Crippen LogP contribution in [0.5, 0.6) is 11.5 Å². The zero-order valence-electron chi connectivity index (χ0n) is 13.8. The summed E-state index contributed by atoms with van der Waals surface area (Å²) in [5.74, 6) is 1.95. The number of nitrogens with zero attached hydrogens (tertiary/aromatic N) is 1. The number of halogens is 2. The van der Waals surface area contributed by atoms with Gasteiger partial charge >= 0.3 is 0 Å². The molecule has 1 aromatic carbocycles. The van der Waals surface area contributed by atoms with Crippen molar-refractivity contribution in [1.82, 2.24) is 4.90 Å². The molecule has 1 saturated heterocycles. The van der Waals surface area contributed by atoms with E-state index in [0.717, 1.165) is 30.9 Å². The maximum absolute atomic E-state index is 12.7. The summed E-state index contributed by atoms with van der Waals surface area (Å²) in [7, 11) is 3.84. The lowest BCUT2D eigenvalue weighted by Crippen LogP contribution is -2.68. The van der Waals surface area contributed by atoms with Crippen molar-refractivity contribution in [3.05, 3.63) is 23.3 Å². The minimum absolute atomic E-state index is 0. The largest absolute Gasteiger partial charge is 0.493 e. The molecule has 2 fully saturated rings. The normalized spacial score (nSPS) is 38.9. The summed E-state index contributed by atoms with van der Waals surface area (Å²) < 4.78 is 11.8. The number of carbonyl (C=O) groups is 1. The second-order valence-corrected chi connectivity index (χ2v) is 7.94. The number of likely N-dealkylation sites (tertiary alicyclic amines) is 1. The highest BCUT2D eigenvalue weighted by molar-refractivity contribution is 6.23. The number of methoxy groups -OCH3 is 1. The van der Waals surface area contributed by atoms with Gasteiger partial charge in [0.25, 0.3) is 0 Å². The molecule has 4 aliphatic rings. The van der Waals surface area contributed by atoms with Crippen molar-refractivity contribution in [2.45, 2.75) is 42.2 Å². The minimum atomic E-state index is -0.385. The first kappa shape index (κ1) is 16.5. The van der Waals surface area contributed by atoms with E-state index in [1.807, 2.05) is 6.07 Å². The van der Waals surface area contributed by atoms with Crippen LogP contribution in [0.4, 0.5) is 0 Å². The van der Waals surface area contributed by atoms with E-state index in [9.17, 15) is 4.79 Å². The van der Waals surface area contributed by atoms with Gasteiger partial charge in [-0.1, -0.05) is 6.07 Å². The predicted octanol–water partition coefficient (Wildman–Crippen LogP) is 2.57. The molecule has 2 aliphatic carbocycles. The molecule has 5 atom stereocenters. The molecule has 0 N–H and O–H groups in total. The average Bonchev–Trinajstić information content (AvgIpc) is 2.88. The van der Waals surface area contributed by atoms with Crippen LogP contribution in [0.1, 0.15) is 24.0 Å². The van der Waals surface area contributed by atoms with Gasteiger partial charge in [0.2, 0.25) is 0 Å². The minimum Gasteiger partial charge on any atom is -0.493 e. The van der Waals surface area contributed by atoms with Gasteiger partial charge < -0.3 is 14.4 Å². The van der Waals surface area contributed by atoms with Crippen LogP contribution >= 0.6 is 24.0 Å². The van der Waals surface area contributed by atoms with Crippen LogP contribution < -0.4 is 9.47 Å². The molecule has 2 aliphatic heterocycles. The Kier molecular flexibility index (Phi) is 3.62. The number of likely N-dealkylation sites (N-methyl/N-ethyl adjacent to an activating group) is 1. The fourth-order valence-electron chi connectivity index (χ4n) is 5.68. The first-order chi connectivity index (χ1) is 11.1. The van der Waals surface area contributed by atoms with Gasteiger partial charge in [0.1, 0.15) is 0 Å². The molecule has 1 aromatic rings. The van der Waals surface area contributed by atoms with Crippen molar-refractivity contribution in [3.63, 3.8) is 0 Å². The number of benzene rings is 1. The second kappa shape index (κ2) is 5.26. The monoisotopic (exact) mass is 369 g/mol. The Balaban J connectivity index is 0.00000146. The average molecular weight is 370 g/mol. The van der Waals surface area contributed by atoms with E-state index >= 15 is 0 Å². The summed E-state index contributed by atoms with van der Waals surface area (Å²) in [5, 5.41) is -0.111. The van der Waals surface area contributed by atoms with Gasteiger partial charge in [-0.05, 0) is 38.1 Å². The van der Waals surface area contributed by atoms with Crippen molar-refractivity contribution in [2.24, 2.45) is 5.92 Å². The summed E-state index contributed by atoms with van der Waals surface area (Å²) in [4.78, 5) is 15.2. The van der Waals surface area contributed by atoms with Gasteiger partial charge in [-0.2, -0.15) is 0 Å². The summed E-state index contributed by atoms with van der Waals surface area (Å²) in [6.07, 6.45) is 1.93. The highest BCUT2D eigenvalue weighted by atomic mass is 35.5. The van der Waals surface area contributed by atoms with Gasteiger partial charge in [0.05, 0.1) is 12.5 Å². The summed E-state index contributed by atoms with van der Waals surface area (Å²) in [5.41, 5.74) is 2.26. The van der Waals surface area contributed by atoms with Crippen molar-refractivity contribution in [2.75, 3.05) is 20.7 Å². The molecule has 1 saturated carbocycles. The number of alkyl halides is 1. The standard InChI is InChI=1S/C18H20ClNO3.ClH/c1-20-6-5-18-14-9-3-4-13(22-2)16(14)23-17(18)12(21)8-10(19)15(18)11(20)7-9;/h3-4,10-11,15,17H,5-8H2,1-2H3;1H/t10?,11-,15+,17+,18-;/m1./s1. The lowest BCUT2D eigenvalue weighted by atomic mass is 9.51. The third-order valence-electron chi connectivity index (χ3n) is 6.56. The van der Waals surface area contributed by atoms with E-state index in [2.05, 4.69) is 18.0 Å². The smallest absolute Gasteiger partial charge is 0.175 e. The SMILES string of the molecule is COc1ccc2c3c1O[C@H]1C(=O)CC(Cl)[C@H]4[C@@H](C2)N(C)CC[C@]314.Cl. The maximum Gasteiger partial charge on any atom is 0.175 e. The Morgan fingerprint density at radius 2 is 2.17 bits per heavy atom. The molecule has 24 heavy (non-hydrogen) atoms. The van der Waals surface area contributed by atoms with E-state index in [-0.39, 0.29) is 41.0 Å². The van der Waals surface area contributed by atoms with Crippen molar-refractivity contribution < 1.29 is 14.3 Å². The summed E-state index contributed by atoms with van der Waals surface area (Å²) >= 11 is 6.74. The Morgan fingerprint density at radius 3 is 2.92 bits per heavy atom. The molecule has 0 aromatic heterocycles. The fraction of sp³-hybridized carbons (Fsp3) is 0.611. The van der Waals surface area contributed by atoms with Gasteiger partial charge in [-0.15, -0.1) is 24.0 Å². The van der Waals surface area contributed by atoms with Gasteiger partial charge in [0.15, 0.2) is 23.4 Å². The first-order valence-electron chi connectivity index (χ1n) is 8.32. The van der Waals surface area contributed by atoms with Gasteiger partial charge in [-0.25, -0.2) is 0 Å². The summed E-state index contributed by atoms with van der Waals surface area (Å²) in [6.45, 7) is 0.980. The molecule has 2 heterocycles.